The number of aliphatic hydroxyl groups excluding tert-OH is 1. The smallest absolute Gasteiger partial charge is 0.170 e. The zero-order valence-corrected chi connectivity index (χ0v) is 12.8. The number of nitrogens with zero attached hydrogens (tertiary/aromatic N) is 1. The van der Waals surface area contributed by atoms with E-state index in [1.807, 2.05) is 0 Å². The third-order valence-electron chi connectivity index (χ3n) is 4.66. The van der Waals surface area contributed by atoms with Gasteiger partial charge < -0.3 is 19.3 Å². The monoisotopic (exact) mass is 285 g/mol. The predicted molar refractivity (Wildman–Crippen MR) is 74.5 cm³/mol. The molecule has 5 heteroatoms. The standard InChI is InChI=1S/C15H27NO4/c1-11-9-16(10-14(2,3)20-11)12-8-15(5-4-13(12)17)18-6-7-19-15/h11-13,17H,4-10H2,1-3H3. The fraction of sp³-hybridized carbons (Fsp3) is 1.00. The lowest BCUT2D eigenvalue weighted by molar-refractivity contribution is -0.219. The van der Waals surface area contributed by atoms with E-state index in [0.717, 1.165) is 32.4 Å². The number of hydrogen-bond donors (Lipinski definition) is 1. The average Bonchev–Trinajstić information content (AvgIpc) is 2.79. The first-order chi connectivity index (χ1) is 9.39. The van der Waals surface area contributed by atoms with Gasteiger partial charge in [0.1, 0.15) is 0 Å². The van der Waals surface area contributed by atoms with Gasteiger partial charge in [0.25, 0.3) is 0 Å². The highest BCUT2D eigenvalue weighted by atomic mass is 16.7. The van der Waals surface area contributed by atoms with E-state index < -0.39 is 5.79 Å². The van der Waals surface area contributed by atoms with E-state index in [1.165, 1.54) is 0 Å². The Bertz CT molecular complexity index is 354. The van der Waals surface area contributed by atoms with Crippen LogP contribution in [0.1, 0.15) is 40.0 Å². The Morgan fingerprint density at radius 3 is 2.55 bits per heavy atom. The Morgan fingerprint density at radius 1 is 1.20 bits per heavy atom. The molecule has 3 fully saturated rings. The number of aliphatic hydroxyl groups is 1. The van der Waals surface area contributed by atoms with Gasteiger partial charge in [0.2, 0.25) is 0 Å². The molecule has 0 radical (unpaired) electrons. The average molecular weight is 285 g/mol. The van der Waals surface area contributed by atoms with Crippen LogP contribution in [0.3, 0.4) is 0 Å². The Labute approximate surface area is 121 Å². The SMILES string of the molecule is CC1CN(C2CC3(CCC2O)OCCO3)CC(C)(C)O1. The molecule has 3 atom stereocenters. The first-order valence-electron chi connectivity index (χ1n) is 7.77. The maximum Gasteiger partial charge on any atom is 0.170 e. The molecule has 1 aliphatic carbocycles. The fourth-order valence-electron chi connectivity index (χ4n) is 4.00. The Hall–Kier alpha value is -0.200. The molecule has 5 nitrogen and oxygen atoms in total. The van der Waals surface area contributed by atoms with Crippen molar-refractivity contribution in [1.82, 2.24) is 4.90 Å². The summed E-state index contributed by atoms with van der Waals surface area (Å²) in [6.07, 6.45) is 2.20. The van der Waals surface area contributed by atoms with Gasteiger partial charge in [-0.25, -0.2) is 0 Å². The van der Waals surface area contributed by atoms with Crippen molar-refractivity contribution < 1.29 is 19.3 Å². The lowest BCUT2D eigenvalue weighted by Gasteiger charge is -2.49. The molecule has 116 valence electrons. The highest BCUT2D eigenvalue weighted by Crippen LogP contribution is 2.39. The van der Waals surface area contributed by atoms with Crippen LogP contribution in [-0.2, 0) is 14.2 Å². The van der Waals surface area contributed by atoms with Crippen LogP contribution in [-0.4, -0.2) is 65.9 Å². The van der Waals surface area contributed by atoms with Gasteiger partial charge in [0.05, 0.1) is 31.0 Å². The summed E-state index contributed by atoms with van der Waals surface area (Å²) < 4.78 is 17.6. The van der Waals surface area contributed by atoms with E-state index in [9.17, 15) is 5.11 Å². The van der Waals surface area contributed by atoms with E-state index in [-0.39, 0.29) is 23.9 Å². The molecule has 1 spiro atoms. The number of hydrogen-bond acceptors (Lipinski definition) is 5. The quantitative estimate of drug-likeness (QED) is 0.783. The van der Waals surface area contributed by atoms with Crippen LogP contribution < -0.4 is 0 Å². The van der Waals surface area contributed by atoms with Gasteiger partial charge in [-0.15, -0.1) is 0 Å². The Balaban J connectivity index is 1.73. The zero-order valence-electron chi connectivity index (χ0n) is 12.8. The van der Waals surface area contributed by atoms with Crippen molar-refractivity contribution in [3.8, 4) is 0 Å². The molecule has 20 heavy (non-hydrogen) atoms. The molecular formula is C15H27NO4. The molecule has 2 heterocycles. The molecule has 2 aliphatic heterocycles. The highest BCUT2D eigenvalue weighted by Gasteiger charge is 2.48. The second-order valence-corrected chi connectivity index (χ2v) is 7.10. The van der Waals surface area contributed by atoms with Crippen molar-refractivity contribution in [2.24, 2.45) is 0 Å². The van der Waals surface area contributed by atoms with Crippen molar-refractivity contribution in [1.29, 1.82) is 0 Å². The first-order valence-corrected chi connectivity index (χ1v) is 7.77. The Morgan fingerprint density at radius 2 is 1.90 bits per heavy atom. The van der Waals surface area contributed by atoms with Crippen LogP contribution in [0.2, 0.25) is 0 Å². The highest BCUT2D eigenvalue weighted by molar-refractivity contribution is 4.96. The number of morpholine rings is 1. The summed E-state index contributed by atoms with van der Waals surface area (Å²) in [5.74, 6) is -0.449. The minimum Gasteiger partial charge on any atom is -0.391 e. The minimum atomic E-state index is -0.449. The molecule has 0 aromatic rings. The van der Waals surface area contributed by atoms with E-state index >= 15 is 0 Å². The summed E-state index contributed by atoms with van der Waals surface area (Å²) in [5, 5.41) is 10.4. The predicted octanol–water partition coefficient (Wildman–Crippen LogP) is 1.14. The summed E-state index contributed by atoms with van der Waals surface area (Å²) in [4.78, 5) is 2.37. The largest absolute Gasteiger partial charge is 0.391 e. The van der Waals surface area contributed by atoms with Gasteiger partial charge in [-0.2, -0.15) is 0 Å². The van der Waals surface area contributed by atoms with Gasteiger partial charge in [-0.3, -0.25) is 4.90 Å². The van der Waals surface area contributed by atoms with Crippen molar-refractivity contribution in [3.05, 3.63) is 0 Å². The van der Waals surface area contributed by atoms with Gasteiger partial charge >= 0.3 is 0 Å². The molecule has 3 unspecified atom stereocenters. The van der Waals surface area contributed by atoms with Crippen LogP contribution in [0.5, 0.6) is 0 Å². The van der Waals surface area contributed by atoms with Gasteiger partial charge in [0, 0.05) is 32.0 Å². The van der Waals surface area contributed by atoms with Crippen LogP contribution >= 0.6 is 0 Å². The van der Waals surface area contributed by atoms with Crippen LogP contribution in [0.15, 0.2) is 0 Å². The topological polar surface area (TPSA) is 51.2 Å². The molecule has 2 saturated heterocycles. The van der Waals surface area contributed by atoms with E-state index in [2.05, 4.69) is 25.7 Å². The molecule has 0 amide bonds. The van der Waals surface area contributed by atoms with Crippen molar-refractivity contribution >= 4 is 0 Å². The zero-order chi connectivity index (χ0) is 14.4. The summed E-state index contributed by atoms with van der Waals surface area (Å²) in [7, 11) is 0. The molecule has 3 rings (SSSR count). The van der Waals surface area contributed by atoms with E-state index in [4.69, 9.17) is 14.2 Å². The number of rotatable bonds is 1. The van der Waals surface area contributed by atoms with Crippen LogP contribution in [0.4, 0.5) is 0 Å². The second-order valence-electron chi connectivity index (χ2n) is 7.10. The van der Waals surface area contributed by atoms with Crippen molar-refractivity contribution in [2.45, 2.75) is 69.7 Å². The molecule has 1 saturated carbocycles. The van der Waals surface area contributed by atoms with Gasteiger partial charge in [0.15, 0.2) is 5.79 Å². The summed E-state index contributed by atoms with van der Waals surface area (Å²) in [5.41, 5.74) is -0.167. The molecule has 3 aliphatic rings. The maximum atomic E-state index is 10.4. The normalized spacial score (nSPS) is 41.1. The fourth-order valence-corrected chi connectivity index (χ4v) is 4.00. The lowest BCUT2D eigenvalue weighted by Crippen LogP contribution is -2.61. The summed E-state index contributed by atoms with van der Waals surface area (Å²) in [6.45, 7) is 9.38. The Kier molecular flexibility index (Phi) is 3.84. The van der Waals surface area contributed by atoms with E-state index in [0.29, 0.717) is 13.2 Å². The molecule has 0 aromatic heterocycles. The molecule has 1 N–H and O–H groups in total. The van der Waals surface area contributed by atoms with Crippen molar-refractivity contribution in [2.75, 3.05) is 26.3 Å². The van der Waals surface area contributed by atoms with Crippen molar-refractivity contribution in [3.63, 3.8) is 0 Å². The molecule has 0 aromatic carbocycles. The van der Waals surface area contributed by atoms with Crippen LogP contribution in [0, 0.1) is 0 Å². The third-order valence-corrected chi connectivity index (χ3v) is 4.66. The summed E-state index contributed by atoms with van der Waals surface area (Å²) in [6, 6.07) is 0.104. The van der Waals surface area contributed by atoms with Crippen LogP contribution in [0.25, 0.3) is 0 Å². The van der Waals surface area contributed by atoms with E-state index in [1.54, 1.807) is 0 Å². The molecular weight excluding hydrogens is 258 g/mol. The third kappa shape index (κ3) is 2.88. The van der Waals surface area contributed by atoms with Gasteiger partial charge in [-0.1, -0.05) is 0 Å². The summed E-state index contributed by atoms with van der Waals surface area (Å²) >= 11 is 0. The first kappa shape index (κ1) is 14.7. The minimum absolute atomic E-state index is 0.104. The second kappa shape index (κ2) is 5.21. The lowest BCUT2D eigenvalue weighted by atomic mass is 9.85. The molecule has 0 bridgehead atoms. The van der Waals surface area contributed by atoms with Gasteiger partial charge in [-0.05, 0) is 27.2 Å². The number of ether oxygens (including phenoxy) is 3. The maximum absolute atomic E-state index is 10.4.